The molecule has 2 aliphatic carbocycles. The molecule has 0 fully saturated rings. The van der Waals surface area contributed by atoms with Crippen molar-refractivity contribution in [3.05, 3.63) is 149 Å². The highest BCUT2D eigenvalue weighted by atomic mass is 32.1. The number of carbonyl (C=O) groups excluding carboxylic acids is 2. The predicted octanol–water partition coefficient (Wildman–Crippen LogP) is 21.6. The maximum atomic E-state index is 14.7. The maximum absolute atomic E-state index is 14.7. The van der Waals surface area contributed by atoms with Crippen LogP contribution in [0.4, 0.5) is 17.6 Å². The van der Waals surface area contributed by atoms with Crippen molar-refractivity contribution >= 4 is 103 Å². The van der Waals surface area contributed by atoms with Crippen molar-refractivity contribution in [1.29, 1.82) is 21.0 Å². The zero-order valence-electron chi connectivity index (χ0n) is 51.4. The van der Waals surface area contributed by atoms with Gasteiger partial charge >= 0.3 is 0 Å². The molecule has 2 unspecified atom stereocenters. The second-order valence-corrected chi connectivity index (χ2v) is 30.4. The van der Waals surface area contributed by atoms with Crippen LogP contribution in [0.1, 0.15) is 159 Å². The number of Topliss-reactive ketones (excluding diaryl/α,β-unsaturated/α-hetero) is 2. The number of halogens is 4. The molecule has 6 aromatic heterocycles. The molecule has 8 aromatic rings. The molecule has 10 nitrogen and oxygen atoms in total. The zero-order chi connectivity index (χ0) is 65.2. The molecule has 92 heavy (non-hydrogen) atoms. The second-order valence-electron chi connectivity index (χ2n) is 24.0. The summed E-state index contributed by atoms with van der Waals surface area (Å²) < 4.78 is 86.0. The number of rotatable bonds is 19. The normalized spacial score (nSPS) is 16.1. The molecule has 4 aliphatic rings. The van der Waals surface area contributed by atoms with E-state index in [9.17, 15) is 48.2 Å². The van der Waals surface area contributed by atoms with Gasteiger partial charge in [0, 0.05) is 76.2 Å². The Morgan fingerprint density at radius 1 is 0.489 bits per heavy atom. The summed E-state index contributed by atoms with van der Waals surface area (Å²) in [6, 6.07) is 22.9. The molecule has 0 spiro atoms. The smallest absolute Gasteiger partial charge is 0.194 e. The van der Waals surface area contributed by atoms with E-state index in [0.717, 1.165) is 136 Å². The number of ether oxygens (including phenoxy) is 4. The number of ketones is 2. The number of hydrogen-bond acceptors (Lipinski definition) is 16. The van der Waals surface area contributed by atoms with Crippen LogP contribution in [0.25, 0.3) is 72.1 Å². The first-order chi connectivity index (χ1) is 44.2. The minimum atomic E-state index is -1.22. The molecule has 0 saturated heterocycles. The lowest BCUT2D eigenvalue weighted by molar-refractivity contribution is 0.103. The van der Waals surface area contributed by atoms with Crippen LogP contribution >= 0.6 is 68.0 Å². The van der Waals surface area contributed by atoms with Gasteiger partial charge in [-0.25, -0.2) is 17.6 Å². The first kappa shape index (κ1) is 63.9. The van der Waals surface area contributed by atoms with E-state index in [1.54, 1.807) is 57.5 Å². The first-order valence-corrected chi connectivity index (χ1v) is 35.2. The summed E-state index contributed by atoms with van der Waals surface area (Å²) in [6.45, 7) is 17.7. The number of unbranched alkanes of at least 4 members (excludes halogenated alkanes) is 2. The Kier molecular flexibility index (Phi) is 17.6. The zero-order valence-corrected chi connectivity index (χ0v) is 56.3. The molecular formula is C72H58F4N4O6S6. The van der Waals surface area contributed by atoms with Crippen LogP contribution in [0.3, 0.4) is 0 Å². The van der Waals surface area contributed by atoms with E-state index < -0.39 is 57.2 Å². The summed E-state index contributed by atoms with van der Waals surface area (Å²) in [5, 5.41) is 40.1. The van der Waals surface area contributed by atoms with Gasteiger partial charge in [-0.05, 0) is 124 Å². The largest absolute Gasteiger partial charge is 0.492 e. The van der Waals surface area contributed by atoms with Crippen LogP contribution in [0.2, 0.25) is 0 Å². The average molecular weight is 1340 g/mol. The summed E-state index contributed by atoms with van der Waals surface area (Å²) in [6.07, 6.45) is 11.1. The van der Waals surface area contributed by atoms with Gasteiger partial charge in [0.15, 0.2) is 34.8 Å². The fourth-order valence-electron chi connectivity index (χ4n) is 12.1. The predicted molar refractivity (Wildman–Crippen MR) is 359 cm³/mol. The van der Waals surface area contributed by atoms with Gasteiger partial charge in [-0.15, -0.1) is 68.0 Å². The lowest BCUT2D eigenvalue weighted by Crippen LogP contribution is -2.27. The lowest BCUT2D eigenvalue weighted by Gasteiger charge is -2.31. The molecule has 466 valence electrons. The van der Waals surface area contributed by atoms with E-state index in [4.69, 9.17) is 18.9 Å². The third-order valence-corrected chi connectivity index (χ3v) is 24.7. The first-order valence-electron chi connectivity index (χ1n) is 30.3. The van der Waals surface area contributed by atoms with Crippen molar-refractivity contribution in [2.45, 2.75) is 118 Å². The number of hydrogen-bond donors (Lipinski definition) is 0. The highest BCUT2D eigenvalue weighted by Gasteiger charge is 2.42. The highest BCUT2D eigenvalue weighted by Crippen LogP contribution is 2.61. The Morgan fingerprint density at radius 3 is 1.20 bits per heavy atom. The van der Waals surface area contributed by atoms with Crippen LogP contribution in [0, 0.1) is 80.4 Å². The third kappa shape index (κ3) is 11.5. The highest BCUT2D eigenvalue weighted by molar-refractivity contribution is 7.31. The molecular weight excluding hydrogens is 1290 g/mol. The molecule has 0 saturated carbocycles. The Morgan fingerprint density at radius 2 is 0.848 bits per heavy atom. The summed E-state index contributed by atoms with van der Waals surface area (Å²) >= 11 is 9.20. The molecule has 12 rings (SSSR count). The lowest BCUT2D eigenvalue weighted by atomic mass is 9.94. The van der Waals surface area contributed by atoms with Gasteiger partial charge in [-0.3, -0.25) is 9.59 Å². The third-order valence-electron chi connectivity index (χ3n) is 17.2. The molecule has 2 aliphatic heterocycles. The number of fused-ring (bicyclic) bond motifs is 8. The van der Waals surface area contributed by atoms with Crippen molar-refractivity contribution in [3.63, 3.8) is 0 Å². The monoisotopic (exact) mass is 1340 g/mol. The standard InChI is InChI=1S/C72H58F4N4O6S6/c1-9-13-15-35(11-3)33-83-53-19-39(17-45-61(37(29-77)30-78)41-21-49(73)51(75)23-43(41)63(45)81)87-67(53)59-27-55-69(91-59)65-47(71(5,6)85-55)25-57(89-65)58-26-48-66(90-58)70-56(86-72(48,7)8)28-60(92-70)68-54(84-34-36(12-4)16-14-10-2)20-40(88-68)18-46-62(38(31-79)32-80)42-22-50(74)52(76)24-44(42)64(46)82/h17-28,35-36H,9-16,33-34H2,1-8H3/b45-17-,46-18-. The van der Waals surface area contributed by atoms with Gasteiger partial charge in [-0.2, -0.15) is 21.0 Å². The maximum Gasteiger partial charge on any atom is 0.194 e. The van der Waals surface area contributed by atoms with E-state index >= 15 is 0 Å². The van der Waals surface area contributed by atoms with E-state index in [-0.39, 0.29) is 56.4 Å². The number of nitrogens with zero attached hydrogens (tertiary/aromatic N) is 4. The number of nitriles is 4. The van der Waals surface area contributed by atoms with Gasteiger partial charge in [0.25, 0.3) is 0 Å². The summed E-state index contributed by atoms with van der Waals surface area (Å²) in [7, 11) is 0. The quantitative estimate of drug-likeness (QED) is 0.0432. The molecule has 0 amide bonds. The summed E-state index contributed by atoms with van der Waals surface area (Å²) in [4.78, 5) is 38.6. The number of allylic oxidation sites excluding steroid dienone is 6. The molecule has 20 heteroatoms. The number of thiophene rings is 6. The molecule has 0 N–H and O–H groups in total. The molecule has 2 aromatic carbocycles. The Bertz CT molecular complexity index is 4390. The average Bonchev–Trinajstić information content (AvgIpc) is 1.58. The van der Waals surface area contributed by atoms with Gasteiger partial charge in [-0.1, -0.05) is 66.2 Å². The van der Waals surface area contributed by atoms with E-state index in [1.165, 1.54) is 22.7 Å². The fourth-order valence-corrected chi connectivity index (χ4v) is 19.6. The van der Waals surface area contributed by atoms with Gasteiger partial charge in [0.1, 0.15) is 69.6 Å². The van der Waals surface area contributed by atoms with Crippen LogP contribution in [0.15, 0.2) is 83.0 Å². The second kappa shape index (κ2) is 25.4. The van der Waals surface area contributed by atoms with Crippen molar-refractivity contribution in [2.24, 2.45) is 11.8 Å². The van der Waals surface area contributed by atoms with Crippen molar-refractivity contribution in [1.82, 2.24) is 0 Å². The van der Waals surface area contributed by atoms with Crippen LogP contribution in [-0.2, 0) is 11.2 Å². The number of carbonyl (C=O) groups is 2. The van der Waals surface area contributed by atoms with E-state index in [2.05, 4.69) is 67.5 Å². The van der Waals surface area contributed by atoms with Gasteiger partial charge in [0.2, 0.25) is 0 Å². The molecule has 0 radical (unpaired) electrons. The van der Waals surface area contributed by atoms with Gasteiger partial charge < -0.3 is 18.9 Å². The minimum absolute atomic E-state index is 0.0213. The Labute approximate surface area is 554 Å². The van der Waals surface area contributed by atoms with Crippen LogP contribution in [0.5, 0.6) is 23.0 Å². The van der Waals surface area contributed by atoms with Crippen molar-refractivity contribution in [2.75, 3.05) is 13.2 Å². The number of benzene rings is 2. The van der Waals surface area contributed by atoms with E-state index in [0.29, 0.717) is 46.0 Å². The van der Waals surface area contributed by atoms with Crippen molar-refractivity contribution < 1.29 is 46.1 Å². The van der Waals surface area contributed by atoms with Crippen molar-refractivity contribution in [3.8, 4) is 96.0 Å². The van der Waals surface area contributed by atoms with Crippen LogP contribution < -0.4 is 18.9 Å². The van der Waals surface area contributed by atoms with Crippen LogP contribution in [-0.4, -0.2) is 24.8 Å². The topological polar surface area (TPSA) is 166 Å². The molecule has 0 bridgehead atoms. The summed E-state index contributed by atoms with van der Waals surface area (Å²) in [5.41, 5.74) is -0.741. The molecule has 8 heterocycles. The Balaban J connectivity index is 0.913. The summed E-state index contributed by atoms with van der Waals surface area (Å²) in [5.74, 6) is -3.01. The van der Waals surface area contributed by atoms with Gasteiger partial charge in [0.05, 0.1) is 52.2 Å². The minimum Gasteiger partial charge on any atom is -0.492 e. The SMILES string of the molecule is CCCCC(CC)COc1cc(/C=C2\C(=O)c3cc(F)c(F)cc3C2=C(C#N)C#N)sc1-c1cc2c(s1)-c1sc(-c3cc4c(s3)-c3sc(-c5sc(/C=C6\C(=O)c7cc(F)c(F)cc7C6=C(C#N)C#N)cc5OCC(CC)CCCC)cc3OC4(C)C)cc1C(C)(C)O2. The fraction of sp³-hybridized carbons (Fsp3) is 0.306. The Hall–Kier alpha value is -8.18. The molecule has 2 atom stereocenters. The van der Waals surface area contributed by atoms with E-state index in [1.807, 2.05) is 48.5 Å².